The standard InChI is InChI=1S/C28H34O2S/c1-19-17-23-24-10-9-20(13-16-31(30)22-7-5-4-6-8-22)27(24,2)15-12-25(23)28(3)14-11-21(29)18-26(19)28/h4-8,16,18-19,23-25H,9-12,14-15,17H2,1-3H3/t13?,19?,23-,24-,25-,27+,28+,31?/m0/s1. The molecule has 5 rings (SSSR count). The third-order valence-electron chi connectivity index (χ3n) is 9.38. The van der Waals surface area contributed by atoms with Crippen LogP contribution in [0.15, 0.2) is 63.6 Å². The van der Waals surface area contributed by atoms with Gasteiger partial charge in [0.1, 0.15) is 0 Å². The molecule has 2 nitrogen and oxygen atoms in total. The summed E-state index contributed by atoms with van der Waals surface area (Å²) in [5.41, 5.74) is 6.75. The van der Waals surface area contributed by atoms with Gasteiger partial charge in [0.05, 0.1) is 0 Å². The van der Waals surface area contributed by atoms with Crippen LogP contribution >= 0.6 is 0 Å². The first-order chi connectivity index (χ1) is 14.8. The van der Waals surface area contributed by atoms with Crippen LogP contribution in [0.4, 0.5) is 0 Å². The van der Waals surface area contributed by atoms with E-state index >= 15 is 0 Å². The van der Waals surface area contributed by atoms with Crippen LogP contribution in [0.2, 0.25) is 0 Å². The van der Waals surface area contributed by atoms with Gasteiger partial charge < -0.3 is 4.55 Å². The van der Waals surface area contributed by atoms with Crippen molar-refractivity contribution >= 4 is 17.0 Å². The zero-order chi connectivity index (χ0) is 21.8. The minimum Gasteiger partial charge on any atom is -0.606 e. The van der Waals surface area contributed by atoms with Gasteiger partial charge in [0, 0.05) is 17.6 Å². The molecule has 1 aromatic rings. The van der Waals surface area contributed by atoms with Crippen LogP contribution in [-0.4, -0.2) is 10.3 Å². The van der Waals surface area contributed by atoms with Gasteiger partial charge in [0.15, 0.2) is 16.1 Å². The summed E-state index contributed by atoms with van der Waals surface area (Å²) in [6, 6.07) is 9.68. The van der Waals surface area contributed by atoms with Gasteiger partial charge in [-0.1, -0.05) is 50.3 Å². The Kier molecular flexibility index (Phi) is 5.36. The fourth-order valence-electron chi connectivity index (χ4n) is 7.78. The molecule has 3 saturated carbocycles. The molecule has 4 aliphatic carbocycles. The molecular weight excluding hydrogens is 400 g/mol. The van der Waals surface area contributed by atoms with E-state index in [1.807, 2.05) is 36.4 Å². The number of hydrogen-bond donors (Lipinski definition) is 0. The van der Waals surface area contributed by atoms with Crippen molar-refractivity contribution in [1.29, 1.82) is 0 Å². The van der Waals surface area contributed by atoms with Crippen LogP contribution in [0, 0.1) is 34.5 Å². The van der Waals surface area contributed by atoms with Crippen molar-refractivity contribution in [3.8, 4) is 0 Å². The van der Waals surface area contributed by atoms with Crippen molar-refractivity contribution in [2.75, 3.05) is 0 Å². The molecule has 0 heterocycles. The van der Waals surface area contributed by atoms with E-state index in [2.05, 4.69) is 26.5 Å². The molecule has 0 radical (unpaired) electrons. The summed E-state index contributed by atoms with van der Waals surface area (Å²) in [6.45, 7) is 7.25. The number of fused-ring (bicyclic) bond motifs is 5. The van der Waals surface area contributed by atoms with E-state index in [0.29, 0.717) is 23.5 Å². The molecule has 3 heteroatoms. The van der Waals surface area contributed by atoms with E-state index in [-0.39, 0.29) is 10.8 Å². The minimum atomic E-state index is -1.14. The fourth-order valence-corrected chi connectivity index (χ4v) is 8.59. The van der Waals surface area contributed by atoms with Gasteiger partial charge in [-0.25, -0.2) is 0 Å². The average Bonchev–Trinajstić information content (AvgIpc) is 3.10. The molecule has 1 aromatic carbocycles. The summed E-state index contributed by atoms with van der Waals surface area (Å²) in [5.74, 6) is 2.95. The monoisotopic (exact) mass is 434 g/mol. The van der Waals surface area contributed by atoms with Crippen LogP contribution in [0.1, 0.15) is 65.7 Å². The largest absolute Gasteiger partial charge is 0.606 e. The van der Waals surface area contributed by atoms with Gasteiger partial charge in [-0.05, 0) is 96.8 Å². The number of benzene rings is 1. The zero-order valence-electron chi connectivity index (χ0n) is 19.0. The average molecular weight is 435 g/mol. The maximum atomic E-state index is 12.7. The van der Waals surface area contributed by atoms with Gasteiger partial charge in [-0.3, -0.25) is 4.79 Å². The van der Waals surface area contributed by atoms with Gasteiger partial charge in [0.25, 0.3) is 0 Å². The highest BCUT2D eigenvalue weighted by molar-refractivity contribution is 7.94. The second kappa shape index (κ2) is 7.80. The van der Waals surface area contributed by atoms with Gasteiger partial charge in [-0.15, -0.1) is 0 Å². The fraction of sp³-hybridized carbons (Fsp3) is 0.571. The topological polar surface area (TPSA) is 40.1 Å². The number of rotatable bonds is 2. The third-order valence-corrected chi connectivity index (χ3v) is 10.4. The molecular formula is C28H34O2S. The highest BCUT2D eigenvalue weighted by Gasteiger charge is 2.58. The molecule has 3 fully saturated rings. The van der Waals surface area contributed by atoms with E-state index in [4.69, 9.17) is 0 Å². The first-order valence-electron chi connectivity index (χ1n) is 12.0. The number of hydrogen-bond acceptors (Lipinski definition) is 2. The van der Waals surface area contributed by atoms with Crippen LogP contribution < -0.4 is 0 Å². The zero-order valence-corrected chi connectivity index (χ0v) is 19.8. The molecule has 164 valence electrons. The maximum absolute atomic E-state index is 12.7. The Bertz CT molecular complexity index is 972. The molecule has 0 spiro atoms. The molecule has 0 saturated heterocycles. The van der Waals surface area contributed by atoms with Crippen LogP contribution in [0.25, 0.3) is 0 Å². The summed E-state index contributed by atoms with van der Waals surface area (Å²) < 4.78 is 12.7. The Labute approximate surface area is 190 Å². The Morgan fingerprint density at radius 2 is 1.81 bits per heavy atom. The Morgan fingerprint density at radius 1 is 1.06 bits per heavy atom. The van der Waals surface area contributed by atoms with Crippen molar-refractivity contribution in [3.05, 3.63) is 58.7 Å². The molecule has 0 aromatic heterocycles. The molecule has 0 amide bonds. The highest BCUT2D eigenvalue weighted by Crippen LogP contribution is 2.67. The van der Waals surface area contributed by atoms with Crippen molar-refractivity contribution in [1.82, 2.24) is 0 Å². The summed E-state index contributed by atoms with van der Waals surface area (Å²) >= 11 is -1.14. The Balaban J connectivity index is 1.44. The maximum Gasteiger partial charge on any atom is 0.165 e. The molecule has 0 bridgehead atoms. The van der Waals surface area contributed by atoms with Gasteiger partial charge in [-0.2, -0.15) is 0 Å². The van der Waals surface area contributed by atoms with Crippen molar-refractivity contribution < 1.29 is 9.35 Å². The number of allylic oxidation sites excluding steroid dienone is 2. The molecule has 4 aliphatic rings. The number of carbonyl (C=O) groups is 1. The summed E-state index contributed by atoms with van der Waals surface area (Å²) in [5, 5.41) is 1.79. The Hall–Kier alpha value is -1.54. The quantitative estimate of drug-likeness (QED) is 0.388. The molecule has 31 heavy (non-hydrogen) atoms. The summed E-state index contributed by atoms with van der Waals surface area (Å²) in [6.07, 6.45) is 9.72. The van der Waals surface area contributed by atoms with E-state index < -0.39 is 11.2 Å². The van der Waals surface area contributed by atoms with E-state index in [1.54, 1.807) is 5.41 Å². The van der Waals surface area contributed by atoms with Gasteiger partial charge >= 0.3 is 0 Å². The third kappa shape index (κ3) is 3.41. The Morgan fingerprint density at radius 3 is 2.58 bits per heavy atom. The van der Waals surface area contributed by atoms with Crippen LogP contribution in [-0.2, 0) is 16.0 Å². The first kappa shape index (κ1) is 21.3. The molecule has 0 aliphatic heterocycles. The normalized spacial score (nSPS) is 40.2. The SMILES string of the molecule is CC1C[C@@H]2[C@H](CC[C@]3(C)C(=C=C[S+]([O-])c4ccccc4)CC[C@@H]23)[C@@]2(C)CCC(=O)C=C12. The van der Waals surface area contributed by atoms with Crippen molar-refractivity contribution in [3.63, 3.8) is 0 Å². The second-order valence-electron chi connectivity index (χ2n) is 10.8. The predicted octanol–water partition coefficient (Wildman–Crippen LogP) is 6.61. The van der Waals surface area contributed by atoms with Gasteiger partial charge in [0.2, 0.25) is 0 Å². The lowest BCUT2D eigenvalue weighted by Gasteiger charge is -2.59. The van der Waals surface area contributed by atoms with E-state index in [1.165, 1.54) is 36.8 Å². The predicted molar refractivity (Wildman–Crippen MR) is 126 cm³/mol. The summed E-state index contributed by atoms with van der Waals surface area (Å²) in [7, 11) is 0. The second-order valence-corrected chi connectivity index (χ2v) is 12.1. The minimum absolute atomic E-state index is 0.181. The number of ketones is 1. The van der Waals surface area contributed by atoms with Crippen molar-refractivity contribution in [2.45, 2.75) is 70.6 Å². The van der Waals surface area contributed by atoms with E-state index in [0.717, 1.165) is 30.1 Å². The van der Waals surface area contributed by atoms with Crippen LogP contribution in [0.5, 0.6) is 0 Å². The van der Waals surface area contributed by atoms with Crippen LogP contribution in [0.3, 0.4) is 0 Å². The first-order valence-corrected chi connectivity index (χ1v) is 13.2. The molecule has 0 N–H and O–H groups in total. The highest BCUT2D eigenvalue weighted by atomic mass is 32.2. The lowest BCUT2D eigenvalue weighted by Crippen LogP contribution is -2.51. The van der Waals surface area contributed by atoms with E-state index in [9.17, 15) is 9.35 Å². The molecule has 2 unspecified atom stereocenters. The lowest BCUT2D eigenvalue weighted by molar-refractivity contribution is -0.117. The number of carbonyl (C=O) groups excluding carboxylic acids is 1. The summed E-state index contributed by atoms with van der Waals surface area (Å²) in [4.78, 5) is 13.0. The smallest absolute Gasteiger partial charge is 0.165 e. The molecule has 7 atom stereocenters. The lowest BCUT2D eigenvalue weighted by atomic mass is 9.45. The van der Waals surface area contributed by atoms with Crippen molar-refractivity contribution in [2.24, 2.45) is 34.5 Å².